The number of hydrogen-bond acceptors (Lipinski definition) is 7. The van der Waals surface area contributed by atoms with Crippen molar-refractivity contribution in [2.24, 2.45) is 0 Å². The maximum Gasteiger partial charge on any atom is 0.254 e. The van der Waals surface area contributed by atoms with E-state index in [1.165, 1.54) is 30.1 Å². The number of aliphatic hydroxyl groups is 2. The number of rotatable bonds is 8. The zero-order chi connectivity index (χ0) is 23.4. The standard InChI is InChI=1S/C23H22FN5O3S/c1-33-22-8-14(6-7-26-22)20(9-17(31)13-30)28-23(32)19-10-25-12-21-18(19)11-27-29(21)16-4-2-15(24)3-5-16/h2-8,10-12,17,20,30-31H,9,13H2,1H3,(H,28,32)/t17?,20-/m0/s1. The number of pyridine rings is 2. The number of halogens is 1. The monoisotopic (exact) mass is 467 g/mol. The van der Waals surface area contributed by atoms with E-state index in [1.54, 1.807) is 41.5 Å². The summed E-state index contributed by atoms with van der Waals surface area (Å²) < 4.78 is 14.9. The first-order valence-corrected chi connectivity index (χ1v) is 11.4. The fraction of sp³-hybridized carbons (Fsp3) is 0.217. The number of amides is 1. The van der Waals surface area contributed by atoms with Gasteiger partial charge in [-0.05, 0) is 54.6 Å². The molecule has 3 aromatic heterocycles. The summed E-state index contributed by atoms with van der Waals surface area (Å²) >= 11 is 1.46. The van der Waals surface area contributed by atoms with Crippen LogP contribution in [0.2, 0.25) is 0 Å². The Morgan fingerprint density at radius 2 is 2.00 bits per heavy atom. The average molecular weight is 468 g/mol. The Bertz CT molecular complexity index is 1260. The summed E-state index contributed by atoms with van der Waals surface area (Å²) in [7, 11) is 0. The third-order valence-electron chi connectivity index (χ3n) is 5.21. The highest BCUT2D eigenvalue weighted by Gasteiger charge is 2.22. The van der Waals surface area contributed by atoms with E-state index < -0.39 is 24.7 Å². The minimum absolute atomic E-state index is 0.123. The topological polar surface area (TPSA) is 113 Å². The highest BCUT2D eigenvalue weighted by molar-refractivity contribution is 7.98. The number of nitrogens with zero attached hydrogens (tertiary/aromatic N) is 4. The summed E-state index contributed by atoms with van der Waals surface area (Å²) in [5, 5.41) is 28.0. The van der Waals surface area contributed by atoms with Crippen LogP contribution in [0.3, 0.4) is 0 Å². The molecule has 170 valence electrons. The van der Waals surface area contributed by atoms with Crippen molar-refractivity contribution >= 4 is 28.6 Å². The summed E-state index contributed by atoms with van der Waals surface area (Å²) in [4.78, 5) is 21.7. The lowest BCUT2D eigenvalue weighted by Gasteiger charge is -2.22. The number of benzene rings is 1. The van der Waals surface area contributed by atoms with Gasteiger partial charge in [0.2, 0.25) is 0 Å². The second-order valence-corrected chi connectivity index (χ2v) is 8.21. The molecule has 10 heteroatoms. The molecule has 0 aliphatic carbocycles. The van der Waals surface area contributed by atoms with E-state index in [4.69, 9.17) is 0 Å². The molecule has 1 aromatic carbocycles. The number of hydrogen-bond donors (Lipinski definition) is 3. The number of fused-ring (bicyclic) bond motifs is 1. The van der Waals surface area contributed by atoms with Crippen LogP contribution in [0.4, 0.5) is 4.39 Å². The molecule has 4 aromatic rings. The van der Waals surface area contributed by atoms with Gasteiger partial charge in [-0.15, -0.1) is 11.8 Å². The van der Waals surface area contributed by atoms with E-state index in [9.17, 15) is 19.4 Å². The molecule has 0 saturated heterocycles. The zero-order valence-corrected chi connectivity index (χ0v) is 18.5. The lowest BCUT2D eigenvalue weighted by atomic mass is 10.0. The molecule has 3 heterocycles. The Balaban J connectivity index is 1.66. The summed E-state index contributed by atoms with van der Waals surface area (Å²) in [5.41, 5.74) is 2.30. The first-order chi connectivity index (χ1) is 16.0. The van der Waals surface area contributed by atoms with Crippen LogP contribution in [0.5, 0.6) is 0 Å². The molecule has 8 nitrogen and oxygen atoms in total. The summed E-state index contributed by atoms with van der Waals surface area (Å²) in [5.74, 6) is -0.755. The van der Waals surface area contributed by atoms with Crippen molar-refractivity contribution in [3.05, 3.63) is 78.1 Å². The summed E-state index contributed by atoms with van der Waals surface area (Å²) in [6.07, 6.45) is 7.25. The van der Waals surface area contributed by atoms with E-state index in [0.717, 1.165) is 10.6 Å². The Kier molecular flexibility index (Phi) is 6.97. The van der Waals surface area contributed by atoms with E-state index in [1.807, 2.05) is 12.3 Å². The molecule has 0 saturated carbocycles. The Hall–Kier alpha value is -3.34. The second-order valence-electron chi connectivity index (χ2n) is 7.38. The SMILES string of the molecule is CSc1cc([C@H](CC(O)CO)NC(=O)c2cncc3c2cnn3-c2ccc(F)cc2)ccn1. The molecular weight excluding hydrogens is 445 g/mol. The van der Waals surface area contributed by atoms with Gasteiger partial charge in [-0.3, -0.25) is 9.78 Å². The van der Waals surface area contributed by atoms with Crippen LogP contribution in [0.15, 0.2) is 66.2 Å². The van der Waals surface area contributed by atoms with Gasteiger partial charge >= 0.3 is 0 Å². The van der Waals surface area contributed by atoms with Crippen LogP contribution in [0.25, 0.3) is 16.6 Å². The lowest BCUT2D eigenvalue weighted by Crippen LogP contribution is -2.32. The number of thioether (sulfide) groups is 1. The largest absolute Gasteiger partial charge is 0.394 e. The van der Waals surface area contributed by atoms with Crippen molar-refractivity contribution < 1.29 is 19.4 Å². The molecule has 0 radical (unpaired) electrons. The number of carbonyl (C=O) groups excluding carboxylic acids is 1. The molecule has 1 unspecified atom stereocenters. The predicted octanol–water partition coefficient (Wildman–Crippen LogP) is 2.89. The van der Waals surface area contributed by atoms with Crippen LogP contribution in [0.1, 0.15) is 28.4 Å². The van der Waals surface area contributed by atoms with Crippen LogP contribution in [-0.2, 0) is 0 Å². The molecule has 0 fully saturated rings. The van der Waals surface area contributed by atoms with Gasteiger partial charge in [0.25, 0.3) is 5.91 Å². The van der Waals surface area contributed by atoms with Gasteiger partial charge in [0.05, 0.1) is 52.9 Å². The van der Waals surface area contributed by atoms with Crippen molar-refractivity contribution in [1.82, 2.24) is 25.1 Å². The maximum atomic E-state index is 13.3. The Labute approximate surface area is 193 Å². The van der Waals surface area contributed by atoms with Crippen LogP contribution in [-0.4, -0.2) is 54.8 Å². The lowest BCUT2D eigenvalue weighted by molar-refractivity contribution is 0.0740. The van der Waals surface area contributed by atoms with Crippen LogP contribution in [0, 0.1) is 5.82 Å². The van der Waals surface area contributed by atoms with Crippen molar-refractivity contribution in [2.45, 2.75) is 23.6 Å². The molecule has 0 bridgehead atoms. The quantitative estimate of drug-likeness (QED) is 0.342. The smallest absolute Gasteiger partial charge is 0.254 e. The van der Waals surface area contributed by atoms with Gasteiger partial charge in [-0.1, -0.05) is 0 Å². The first-order valence-electron chi connectivity index (χ1n) is 10.2. The fourth-order valence-corrected chi connectivity index (χ4v) is 3.94. The van der Waals surface area contributed by atoms with E-state index in [2.05, 4.69) is 20.4 Å². The zero-order valence-electron chi connectivity index (χ0n) is 17.7. The van der Waals surface area contributed by atoms with Crippen molar-refractivity contribution in [3.63, 3.8) is 0 Å². The Morgan fingerprint density at radius 1 is 1.21 bits per heavy atom. The maximum absolute atomic E-state index is 13.3. The predicted molar refractivity (Wildman–Crippen MR) is 123 cm³/mol. The minimum Gasteiger partial charge on any atom is -0.394 e. The Morgan fingerprint density at radius 3 is 2.73 bits per heavy atom. The molecule has 0 aliphatic heterocycles. The van der Waals surface area contributed by atoms with Crippen LogP contribution < -0.4 is 5.32 Å². The third kappa shape index (κ3) is 5.03. The van der Waals surface area contributed by atoms with Crippen molar-refractivity contribution in [3.8, 4) is 5.69 Å². The van der Waals surface area contributed by atoms with Crippen LogP contribution >= 0.6 is 11.8 Å². The molecule has 2 atom stereocenters. The number of carbonyl (C=O) groups is 1. The molecule has 0 spiro atoms. The molecular formula is C23H22FN5O3S. The van der Waals surface area contributed by atoms with E-state index >= 15 is 0 Å². The summed E-state index contributed by atoms with van der Waals surface area (Å²) in [6.45, 7) is -0.422. The molecule has 1 amide bonds. The highest BCUT2D eigenvalue weighted by Crippen LogP contribution is 2.25. The van der Waals surface area contributed by atoms with Crippen molar-refractivity contribution in [2.75, 3.05) is 12.9 Å². The first kappa shape index (κ1) is 22.8. The normalized spacial score (nSPS) is 13.1. The van der Waals surface area contributed by atoms with Gasteiger partial charge in [-0.2, -0.15) is 5.10 Å². The van der Waals surface area contributed by atoms with E-state index in [0.29, 0.717) is 22.2 Å². The van der Waals surface area contributed by atoms with E-state index in [-0.39, 0.29) is 12.2 Å². The number of aliphatic hydroxyl groups excluding tert-OH is 2. The van der Waals surface area contributed by atoms with Gasteiger partial charge in [0, 0.05) is 17.8 Å². The minimum atomic E-state index is -1.00. The molecule has 3 N–H and O–H groups in total. The second kappa shape index (κ2) is 10.1. The average Bonchev–Trinajstić information content (AvgIpc) is 3.28. The van der Waals surface area contributed by atoms with Gasteiger partial charge in [0.15, 0.2) is 0 Å². The molecule has 33 heavy (non-hydrogen) atoms. The van der Waals surface area contributed by atoms with Gasteiger partial charge < -0.3 is 15.5 Å². The number of nitrogens with one attached hydrogen (secondary N) is 1. The molecule has 0 aliphatic rings. The van der Waals surface area contributed by atoms with Crippen molar-refractivity contribution in [1.29, 1.82) is 0 Å². The molecule has 4 rings (SSSR count). The number of aromatic nitrogens is 4. The third-order valence-corrected chi connectivity index (χ3v) is 5.85. The van der Waals surface area contributed by atoms with Gasteiger partial charge in [-0.25, -0.2) is 14.1 Å². The highest BCUT2D eigenvalue weighted by atomic mass is 32.2. The van der Waals surface area contributed by atoms with Gasteiger partial charge in [0.1, 0.15) is 5.82 Å². The fourth-order valence-electron chi connectivity index (χ4n) is 3.52. The summed E-state index contributed by atoms with van der Waals surface area (Å²) in [6, 6.07) is 8.89.